The average Bonchev–Trinajstić information content (AvgIpc) is 3.15. The summed E-state index contributed by atoms with van der Waals surface area (Å²) in [5, 5.41) is 2.90. The van der Waals surface area contributed by atoms with E-state index in [0.29, 0.717) is 44.2 Å². The molecule has 0 aromatic heterocycles. The maximum absolute atomic E-state index is 12.6. The van der Waals surface area contributed by atoms with Crippen molar-refractivity contribution in [2.75, 3.05) is 45.9 Å². The van der Waals surface area contributed by atoms with Crippen LogP contribution in [0.2, 0.25) is 0 Å². The highest BCUT2D eigenvalue weighted by Gasteiger charge is 2.29. The Balaban J connectivity index is 1.44. The highest BCUT2D eigenvalue weighted by Crippen LogP contribution is 2.17. The standard InChI is InChI=1S/C17H25N3O4S/c21-17(18-13-15-5-4-12-24-15)14-19-8-10-20(11-9-19)25(22,23)16-6-2-1-3-7-16/h1-3,6-7,15H,4-5,8-14H2,(H,18,21)/t15-/m1/s1. The summed E-state index contributed by atoms with van der Waals surface area (Å²) in [5.74, 6) is -0.0325. The van der Waals surface area contributed by atoms with Gasteiger partial charge in [0, 0.05) is 39.3 Å². The van der Waals surface area contributed by atoms with Crippen LogP contribution in [0.4, 0.5) is 0 Å². The van der Waals surface area contributed by atoms with E-state index < -0.39 is 10.0 Å². The molecule has 2 heterocycles. The molecule has 0 saturated carbocycles. The van der Waals surface area contributed by atoms with Crippen LogP contribution >= 0.6 is 0 Å². The van der Waals surface area contributed by atoms with Gasteiger partial charge < -0.3 is 10.1 Å². The third-order valence-corrected chi connectivity index (χ3v) is 6.54. The second-order valence-electron chi connectivity index (χ2n) is 6.43. The summed E-state index contributed by atoms with van der Waals surface area (Å²) >= 11 is 0. The normalized spacial score (nSPS) is 22.8. The van der Waals surface area contributed by atoms with E-state index in [0.717, 1.165) is 19.4 Å². The van der Waals surface area contributed by atoms with E-state index in [-0.39, 0.29) is 12.0 Å². The molecular formula is C17H25N3O4S. The van der Waals surface area contributed by atoms with Gasteiger partial charge in [0.25, 0.3) is 0 Å². The van der Waals surface area contributed by atoms with E-state index >= 15 is 0 Å². The molecule has 7 nitrogen and oxygen atoms in total. The lowest BCUT2D eigenvalue weighted by atomic mass is 10.2. The van der Waals surface area contributed by atoms with Crippen LogP contribution in [0, 0.1) is 0 Å². The minimum absolute atomic E-state index is 0.0325. The molecule has 138 valence electrons. The van der Waals surface area contributed by atoms with Crippen LogP contribution in [-0.2, 0) is 19.6 Å². The van der Waals surface area contributed by atoms with Crippen molar-refractivity contribution in [3.8, 4) is 0 Å². The van der Waals surface area contributed by atoms with Gasteiger partial charge >= 0.3 is 0 Å². The largest absolute Gasteiger partial charge is 0.376 e. The average molecular weight is 367 g/mol. The zero-order valence-electron chi connectivity index (χ0n) is 14.3. The molecule has 0 bridgehead atoms. The molecule has 2 aliphatic heterocycles. The number of hydrogen-bond acceptors (Lipinski definition) is 5. The molecular weight excluding hydrogens is 342 g/mol. The Morgan fingerprint density at radius 1 is 1.16 bits per heavy atom. The molecule has 25 heavy (non-hydrogen) atoms. The predicted molar refractivity (Wildman–Crippen MR) is 93.6 cm³/mol. The maximum Gasteiger partial charge on any atom is 0.243 e. The fourth-order valence-corrected chi connectivity index (χ4v) is 4.60. The first-order valence-corrected chi connectivity index (χ1v) is 10.2. The van der Waals surface area contributed by atoms with E-state index in [9.17, 15) is 13.2 Å². The zero-order valence-corrected chi connectivity index (χ0v) is 15.1. The smallest absolute Gasteiger partial charge is 0.243 e. The molecule has 1 aromatic rings. The fraction of sp³-hybridized carbons (Fsp3) is 0.588. The minimum Gasteiger partial charge on any atom is -0.376 e. The Morgan fingerprint density at radius 3 is 2.52 bits per heavy atom. The van der Waals surface area contributed by atoms with Crippen LogP contribution in [0.15, 0.2) is 35.2 Å². The van der Waals surface area contributed by atoms with Crippen LogP contribution < -0.4 is 5.32 Å². The minimum atomic E-state index is -3.45. The Hall–Kier alpha value is -1.48. The first kappa shape index (κ1) is 18.3. The van der Waals surface area contributed by atoms with Gasteiger partial charge in [0.15, 0.2) is 0 Å². The fourth-order valence-electron chi connectivity index (χ4n) is 3.16. The van der Waals surface area contributed by atoms with Crippen molar-refractivity contribution in [1.82, 2.24) is 14.5 Å². The quantitative estimate of drug-likeness (QED) is 0.782. The van der Waals surface area contributed by atoms with Crippen molar-refractivity contribution in [2.45, 2.75) is 23.8 Å². The zero-order chi connectivity index (χ0) is 17.7. The van der Waals surface area contributed by atoms with E-state index in [1.54, 1.807) is 30.3 Å². The number of carbonyl (C=O) groups is 1. The van der Waals surface area contributed by atoms with Crippen molar-refractivity contribution in [2.24, 2.45) is 0 Å². The van der Waals surface area contributed by atoms with Gasteiger partial charge in [-0.1, -0.05) is 18.2 Å². The van der Waals surface area contributed by atoms with Gasteiger partial charge in [-0.25, -0.2) is 8.42 Å². The molecule has 2 fully saturated rings. The molecule has 1 aromatic carbocycles. The number of hydrogen-bond donors (Lipinski definition) is 1. The first-order valence-electron chi connectivity index (χ1n) is 8.71. The number of amides is 1. The summed E-state index contributed by atoms with van der Waals surface area (Å²) < 4.78 is 32.1. The Morgan fingerprint density at radius 2 is 1.88 bits per heavy atom. The van der Waals surface area contributed by atoms with Gasteiger partial charge in [0.1, 0.15) is 0 Å². The number of nitrogens with zero attached hydrogens (tertiary/aromatic N) is 2. The van der Waals surface area contributed by atoms with Crippen molar-refractivity contribution in [3.05, 3.63) is 30.3 Å². The monoisotopic (exact) mass is 367 g/mol. The van der Waals surface area contributed by atoms with Crippen molar-refractivity contribution >= 4 is 15.9 Å². The number of sulfonamides is 1. The van der Waals surface area contributed by atoms with Crippen LogP contribution in [0.3, 0.4) is 0 Å². The highest BCUT2D eigenvalue weighted by atomic mass is 32.2. The number of piperazine rings is 1. The van der Waals surface area contributed by atoms with E-state index in [2.05, 4.69) is 5.32 Å². The predicted octanol–water partition coefficient (Wildman–Crippen LogP) is 0.288. The van der Waals surface area contributed by atoms with Gasteiger partial charge in [-0.05, 0) is 25.0 Å². The molecule has 0 spiro atoms. The van der Waals surface area contributed by atoms with Crippen molar-refractivity contribution < 1.29 is 17.9 Å². The lowest BCUT2D eigenvalue weighted by molar-refractivity contribution is -0.123. The molecule has 2 aliphatic rings. The van der Waals surface area contributed by atoms with Gasteiger partial charge in [-0.3, -0.25) is 9.69 Å². The summed E-state index contributed by atoms with van der Waals surface area (Å²) in [6.45, 7) is 3.54. The number of benzene rings is 1. The number of ether oxygens (including phenoxy) is 1. The van der Waals surface area contributed by atoms with Crippen molar-refractivity contribution in [3.63, 3.8) is 0 Å². The topological polar surface area (TPSA) is 79.0 Å². The summed E-state index contributed by atoms with van der Waals surface area (Å²) in [7, 11) is -3.45. The third-order valence-electron chi connectivity index (χ3n) is 4.63. The van der Waals surface area contributed by atoms with Gasteiger partial charge in [0.2, 0.25) is 15.9 Å². The number of rotatable bonds is 6. The van der Waals surface area contributed by atoms with Crippen LogP contribution in [-0.4, -0.2) is 75.5 Å². The summed E-state index contributed by atoms with van der Waals surface area (Å²) in [6, 6.07) is 8.47. The molecule has 1 amide bonds. The lowest BCUT2D eigenvalue weighted by Crippen LogP contribution is -2.51. The van der Waals surface area contributed by atoms with Gasteiger partial charge in [-0.2, -0.15) is 4.31 Å². The second-order valence-corrected chi connectivity index (χ2v) is 8.37. The van der Waals surface area contributed by atoms with E-state index in [1.165, 1.54) is 4.31 Å². The highest BCUT2D eigenvalue weighted by molar-refractivity contribution is 7.89. The Labute approximate surface area is 149 Å². The van der Waals surface area contributed by atoms with E-state index in [4.69, 9.17) is 4.74 Å². The second kappa shape index (κ2) is 8.27. The SMILES string of the molecule is O=C(CN1CCN(S(=O)(=O)c2ccccc2)CC1)NC[C@H]1CCCO1. The number of nitrogens with one attached hydrogen (secondary N) is 1. The van der Waals surface area contributed by atoms with Crippen molar-refractivity contribution in [1.29, 1.82) is 0 Å². The number of carbonyl (C=O) groups excluding carboxylic acids is 1. The first-order chi connectivity index (χ1) is 12.1. The molecule has 3 rings (SSSR count). The molecule has 0 radical (unpaired) electrons. The molecule has 0 unspecified atom stereocenters. The van der Waals surface area contributed by atoms with Crippen LogP contribution in [0.5, 0.6) is 0 Å². The maximum atomic E-state index is 12.6. The van der Waals surface area contributed by atoms with Crippen LogP contribution in [0.1, 0.15) is 12.8 Å². The third kappa shape index (κ3) is 4.78. The van der Waals surface area contributed by atoms with Gasteiger partial charge in [-0.15, -0.1) is 0 Å². The molecule has 0 aliphatic carbocycles. The van der Waals surface area contributed by atoms with Crippen LogP contribution in [0.25, 0.3) is 0 Å². The van der Waals surface area contributed by atoms with E-state index in [1.807, 2.05) is 4.90 Å². The molecule has 2 saturated heterocycles. The summed E-state index contributed by atoms with van der Waals surface area (Å²) in [6.07, 6.45) is 2.19. The Bertz CT molecular complexity index is 666. The molecule has 1 N–H and O–H groups in total. The van der Waals surface area contributed by atoms with Gasteiger partial charge in [0.05, 0.1) is 17.5 Å². The molecule has 1 atom stereocenters. The Kier molecular flexibility index (Phi) is 6.06. The summed E-state index contributed by atoms with van der Waals surface area (Å²) in [5.41, 5.74) is 0. The molecule has 8 heteroatoms. The lowest BCUT2D eigenvalue weighted by Gasteiger charge is -2.33. The summed E-state index contributed by atoms with van der Waals surface area (Å²) in [4.78, 5) is 14.3.